The predicted octanol–water partition coefficient (Wildman–Crippen LogP) is 1.64. The first-order valence-electron chi connectivity index (χ1n) is 7.48. The standard InChI is InChI=1S/C15H20N4O3/c1-11-16-13(10-22-11)8-18-5-2-3-12(7-18)14-4-6-19(17-14)9-15(20)21/h4,6,10,12H,2-3,5,7-9H2,1H3,(H,20,21). The number of oxazole rings is 1. The minimum atomic E-state index is -0.874. The van der Waals surface area contributed by atoms with Crippen LogP contribution in [0.2, 0.25) is 0 Å². The predicted molar refractivity (Wildman–Crippen MR) is 78.4 cm³/mol. The third kappa shape index (κ3) is 3.54. The summed E-state index contributed by atoms with van der Waals surface area (Å²) in [6.45, 7) is 4.49. The van der Waals surface area contributed by atoms with Gasteiger partial charge in [-0.05, 0) is 25.5 Å². The molecule has 1 aliphatic heterocycles. The van der Waals surface area contributed by atoms with Gasteiger partial charge in [0.05, 0.1) is 11.4 Å². The summed E-state index contributed by atoms with van der Waals surface area (Å²) in [5, 5.41) is 13.2. The minimum Gasteiger partial charge on any atom is -0.480 e. The molecule has 0 bridgehead atoms. The van der Waals surface area contributed by atoms with Crippen LogP contribution in [0.3, 0.4) is 0 Å². The van der Waals surface area contributed by atoms with Gasteiger partial charge in [-0.3, -0.25) is 14.4 Å². The van der Waals surface area contributed by atoms with E-state index in [1.165, 1.54) is 4.68 Å². The van der Waals surface area contributed by atoms with Crippen LogP contribution < -0.4 is 0 Å². The molecular formula is C15H20N4O3. The zero-order chi connectivity index (χ0) is 15.5. The van der Waals surface area contributed by atoms with Gasteiger partial charge >= 0.3 is 5.97 Å². The number of likely N-dealkylation sites (tertiary alicyclic amines) is 1. The highest BCUT2D eigenvalue weighted by Crippen LogP contribution is 2.26. The van der Waals surface area contributed by atoms with Crippen molar-refractivity contribution in [1.82, 2.24) is 19.7 Å². The Bertz CT molecular complexity index is 649. The van der Waals surface area contributed by atoms with Gasteiger partial charge in [-0.2, -0.15) is 5.10 Å². The number of rotatable bonds is 5. The van der Waals surface area contributed by atoms with Crippen molar-refractivity contribution in [2.45, 2.75) is 38.8 Å². The largest absolute Gasteiger partial charge is 0.480 e. The second kappa shape index (κ2) is 6.31. The number of nitrogens with zero attached hydrogens (tertiary/aromatic N) is 4. The number of aliphatic carboxylic acids is 1. The van der Waals surface area contributed by atoms with Crippen molar-refractivity contribution in [3.63, 3.8) is 0 Å². The highest BCUT2D eigenvalue weighted by Gasteiger charge is 2.24. The summed E-state index contributed by atoms with van der Waals surface area (Å²) in [6, 6.07) is 1.93. The number of aryl methyl sites for hydroxylation is 1. The molecular weight excluding hydrogens is 284 g/mol. The quantitative estimate of drug-likeness (QED) is 0.904. The number of aromatic nitrogens is 3. The Labute approximate surface area is 128 Å². The monoisotopic (exact) mass is 304 g/mol. The molecule has 1 unspecified atom stereocenters. The van der Waals surface area contributed by atoms with E-state index in [-0.39, 0.29) is 6.54 Å². The number of carbonyl (C=O) groups is 1. The summed E-state index contributed by atoms with van der Waals surface area (Å²) in [6.07, 6.45) is 5.63. The molecule has 118 valence electrons. The molecule has 2 aromatic rings. The molecule has 0 amide bonds. The van der Waals surface area contributed by atoms with Gasteiger partial charge in [-0.15, -0.1) is 0 Å². The Morgan fingerprint density at radius 1 is 1.55 bits per heavy atom. The molecule has 1 saturated heterocycles. The van der Waals surface area contributed by atoms with Crippen LogP contribution in [-0.4, -0.2) is 43.8 Å². The van der Waals surface area contributed by atoms with E-state index in [2.05, 4.69) is 15.0 Å². The highest BCUT2D eigenvalue weighted by molar-refractivity contribution is 5.66. The lowest BCUT2D eigenvalue weighted by atomic mass is 9.95. The van der Waals surface area contributed by atoms with E-state index in [0.29, 0.717) is 11.8 Å². The Hall–Kier alpha value is -2.15. The van der Waals surface area contributed by atoms with E-state index in [9.17, 15) is 4.79 Å². The Morgan fingerprint density at radius 3 is 3.14 bits per heavy atom. The fraction of sp³-hybridized carbons (Fsp3) is 0.533. The van der Waals surface area contributed by atoms with Crippen LogP contribution in [-0.2, 0) is 17.9 Å². The molecule has 0 aromatic carbocycles. The van der Waals surface area contributed by atoms with E-state index >= 15 is 0 Å². The molecule has 0 saturated carbocycles. The van der Waals surface area contributed by atoms with Crippen molar-refractivity contribution in [2.75, 3.05) is 13.1 Å². The fourth-order valence-corrected chi connectivity index (χ4v) is 2.97. The highest BCUT2D eigenvalue weighted by atomic mass is 16.4. The minimum absolute atomic E-state index is 0.0886. The van der Waals surface area contributed by atoms with E-state index in [1.807, 2.05) is 13.0 Å². The molecule has 2 aromatic heterocycles. The van der Waals surface area contributed by atoms with Gasteiger partial charge in [-0.25, -0.2) is 4.98 Å². The smallest absolute Gasteiger partial charge is 0.325 e. The average Bonchev–Trinajstić information content (AvgIpc) is 3.08. The van der Waals surface area contributed by atoms with Crippen molar-refractivity contribution >= 4 is 5.97 Å². The molecule has 0 spiro atoms. The number of hydrogen-bond donors (Lipinski definition) is 1. The lowest BCUT2D eigenvalue weighted by molar-refractivity contribution is -0.137. The van der Waals surface area contributed by atoms with Crippen molar-refractivity contribution in [3.8, 4) is 0 Å². The van der Waals surface area contributed by atoms with Crippen LogP contribution in [0.5, 0.6) is 0 Å². The first-order valence-corrected chi connectivity index (χ1v) is 7.48. The molecule has 3 rings (SSSR count). The molecule has 7 nitrogen and oxygen atoms in total. The van der Waals surface area contributed by atoms with E-state index < -0.39 is 5.97 Å². The maximum Gasteiger partial charge on any atom is 0.325 e. The fourth-order valence-electron chi connectivity index (χ4n) is 2.97. The van der Waals surface area contributed by atoms with E-state index in [1.54, 1.807) is 12.5 Å². The van der Waals surface area contributed by atoms with Crippen LogP contribution in [0.25, 0.3) is 0 Å². The molecule has 1 aliphatic rings. The molecule has 0 radical (unpaired) electrons. The number of carboxylic acid groups (broad SMARTS) is 1. The van der Waals surface area contributed by atoms with Gasteiger partial charge in [0.25, 0.3) is 0 Å². The average molecular weight is 304 g/mol. The molecule has 0 aliphatic carbocycles. The van der Waals surface area contributed by atoms with Crippen molar-refractivity contribution in [2.24, 2.45) is 0 Å². The molecule has 1 atom stereocenters. The van der Waals surface area contributed by atoms with Gasteiger partial charge < -0.3 is 9.52 Å². The third-order valence-electron chi connectivity index (χ3n) is 3.93. The van der Waals surface area contributed by atoms with Crippen LogP contribution in [0.4, 0.5) is 0 Å². The zero-order valence-electron chi connectivity index (χ0n) is 12.6. The van der Waals surface area contributed by atoms with Crippen molar-refractivity contribution < 1.29 is 14.3 Å². The molecule has 1 N–H and O–H groups in total. The van der Waals surface area contributed by atoms with Crippen LogP contribution in [0, 0.1) is 6.92 Å². The lowest BCUT2D eigenvalue weighted by Gasteiger charge is -2.31. The maximum atomic E-state index is 10.7. The lowest BCUT2D eigenvalue weighted by Crippen LogP contribution is -2.34. The first-order chi connectivity index (χ1) is 10.6. The Kier molecular flexibility index (Phi) is 4.24. The van der Waals surface area contributed by atoms with Gasteiger partial charge in [-0.1, -0.05) is 0 Å². The second-order valence-electron chi connectivity index (χ2n) is 5.76. The Balaban J connectivity index is 1.62. The normalized spacial score (nSPS) is 19.4. The molecule has 1 fully saturated rings. The zero-order valence-corrected chi connectivity index (χ0v) is 12.6. The summed E-state index contributed by atoms with van der Waals surface area (Å²) in [4.78, 5) is 17.4. The number of carboxylic acids is 1. The van der Waals surface area contributed by atoms with Crippen LogP contribution in [0.15, 0.2) is 22.9 Å². The van der Waals surface area contributed by atoms with Crippen LogP contribution in [0.1, 0.15) is 36.0 Å². The van der Waals surface area contributed by atoms with E-state index in [0.717, 1.165) is 43.9 Å². The SMILES string of the molecule is Cc1nc(CN2CCCC(c3ccn(CC(=O)O)n3)C2)co1. The summed E-state index contributed by atoms with van der Waals surface area (Å²) in [7, 11) is 0. The van der Waals surface area contributed by atoms with Gasteiger partial charge in [0.2, 0.25) is 0 Å². The van der Waals surface area contributed by atoms with Crippen molar-refractivity contribution in [3.05, 3.63) is 35.8 Å². The van der Waals surface area contributed by atoms with Gasteiger partial charge in [0.1, 0.15) is 12.8 Å². The Morgan fingerprint density at radius 2 is 2.41 bits per heavy atom. The second-order valence-corrected chi connectivity index (χ2v) is 5.76. The third-order valence-corrected chi connectivity index (χ3v) is 3.93. The van der Waals surface area contributed by atoms with E-state index in [4.69, 9.17) is 9.52 Å². The van der Waals surface area contributed by atoms with Gasteiger partial charge in [0.15, 0.2) is 5.89 Å². The summed E-state index contributed by atoms with van der Waals surface area (Å²) < 4.78 is 6.73. The first kappa shape index (κ1) is 14.8. The summed E-state index contributed by atoms with van der Waals surface area (Å²) in [5.41, 5.74) is 1.93. The number of hydrogen-bond acceptors (Lipinski definition) is 5. The molecule has 3 heterocycles. The maximum absolute atomic E-state index is 10.7. The van der Waals surface area contributed by atoms with Crippen molar-refractivity contribution in [1.29, 1.82) is 0 Å². The molecule has 22 heavy (non-hydrogen) atoms. The summed E-state index contributed by atoms with van der Waals surface area (Å²) in [5.74, 6) is 0.161. The van der Waals surface area contributed by atoms with Gasteiger partial charge in [0, 0.05) is 32.1 Å². The topological polar surface area (TPSA) is 84.4 Å². The summed E-state index contributed by atoms with van der Waals surface area (Å²) >= 11 is 0. The molecule has 7 heteroatoms. The van der Waals surface area contributed by atoms with Crippen LogP contribution >= 0.6 is 0 Å². The number of piperidine rings is 1.